The molecular weight excluding hydrogens is 160 g/mol. The number of ketones is 1. The summed E-state index contributed by atoms with van der Waals surface area (Å²) in [6, 6.07) is 0. The van der Waals surface area contributed by atoms with Crippen molar-refractivity contribution in [3.63, 3.8) is 0 Å². The maximum absolute atomic E-state index is 11.9. The van der Waals surface area contributed by atoms with E-state index in [2.05, 4.69) is 13.5 Å². The average Bonchev–Trinajstić information content (AvgIpc) is 2.34. The molecule has 3 aliphatic carbocycles. The van der Waals surface area contributed by atoms with Crippen LogP contribution in [-0.2, 0) is 4.79 Å². The number of Topliss-reactive ketones (excluding diaryl/α,β-unsaturated/α-hetero) is 1. The second-order valence-electron chi connectivity index (χ2n) is 5.09. The first kappa shape index (κ1) is 8.98. The van der Waals surface area contributed by atoms with Crippen molar-refractivity contribution in [2.75, 3.05) is 0 Å². The Kier molecular flexibility index (Phi) is 1.86. The number of fused-ring (bicyclic) bond motifs is 4. The van der Waals surface area contributed by atoms with E-state index in [1.54, 1.807) is 0 Å². The lowest BCUT2D eigenvalue weighted by Gasteiger charge is -2.38. The summed E-state index contributed by atoms with van der Waals surface area (Å²) in [5.74, 6) is 0.448. The van der Waals surface area contributed by atoms with Crippen molar-refractivity contribution in [2.24, 2.45) is 10.8 Å². The first-order valence-electron chi connectivity index (χ1n) is 5.27. The minimum atomic E-state index is -0.129. The van der Waals surface area contributed by atoms with Gasteiger partial charge in [-0.2, -0.15) is 0 Å². The van der Waals surface area contributed by atoms with Gasteiger partial charge in [0.05, 0.1) is 0 Å². The summed E-state index contributed by atoms with van der Waals surface area (Å²) < 4.78 is 0. The highest BCUT2D eigenvalue weighted by Crippen LogP contribution is 2.52. The largest absolute Gasteiger partial charge is 0.299 e. The van der Waals surface area contributed by atoms with Gasteiger partial charge in [-0.1, -0.05) is 13.0 Å². The van der Waals surface area contributed by atoms with Gasteiger partial charge in [0, 0.05) is 11.8 Å². The molecule has 0 aliphatic heterocycles. The molecule has 0 aromatic carbocycles. The third-order valence-electron chi connectivity index (χ3n) is 4.25. The van der Waals surface area contributed by atoms with E-state index in [0.29, 0.717) is 11.2 Å². The highest BCUT2D eigenvalue weighted by Gasteiger charge is 2.46. The van der Waals surface area contributed by atoms with Crippen LogP contribution >= 0.6 is 0 Å². The number of rotatable bonds is 1. The van der Waals surface area contributed by atoms with Crippen molar-refractivity contribution in [3.8, 4) is 0 Å². The number of hydrogen-bond acceptors (Lipinski definition) is 1. The van der Waals surface area contributed by atoms with E-state index in [-0.39, 0.29) is 5.41 Å². The van der Waals surface area contributed by atoms with Gasteiger partial charge in [0.2, 0.25) is 0 Å². The molecule has 1 heteroatoms. The summed E-state index contributed by atoms with van der Waals surface area (Å²) >= 11 is 0. The molecule has 0 aromatic rings. The van der Waals surface area contributed by atoms with E-state index in [4.69, 9.17) is 0 Å². The van der Waals surface area contributed by atoms with Crippen LogP contribution in [0.2, 0.25) is 0 Å². The quantitative estimate of drug-likeness (QED) is 0.564. The fourth-order valence-electron chi connectivity index (χ4n) is 2.81. The number of hydrogen-bond donors (Lipinski definition) is 0. The lowest BCUT2D eigenvalue weighted by molar-refractivity contribution is -0.126. The topological polar surface area (TPSA) is 17.1 Å². The van der Waals surface area contributed by atoms with E-state index >= 15 is 0 Å². The first-order chi connectivity index (χ1) is 6.10. The van der Waals surface area contributed by atoms with Crippen molar-refractivity contribution in [1.82, 2.24) is 0 Å². The van der Waals surface area contributed by atoms with Crippen LogP contribution in [0.25, 0.3) is 0 Å². The Hall–Kier alpha value is -0.590. The molecule has 0 aromatic heterocycles. The molecule has 3 saturated carbocycles. The number of carbonyl (C=O) groups excluding carboxylic acids is 1. The lowest BCUT2D eigenvalue weighted by atomic mass is 9.66. The van der Waals surface area contributed by atoms with E-state index in [1.165, 1.54) is 12.8 Å². The van der Waals surface area contributed by atoms with Crippen LogP contribution in [-0.4, -0.2) is 5.78 Å². The van der Waals surface area contributed by atoms with E-state index in [1.807, 2.05) is 6.08 Å². The highest BCUT2D eigenvalue weighted by atomic mass is 16.1. The van der Waals surface area contributed by atoms with Gasteiger partial charge in [-0.15, -0.1) is 6.58 Å². The molecule has 13 heavy (non-hydrogen) atoms. The smallest absolute Gasteiger partial charge is 0.142 e. The summed E-state index contributed by atoms with van der Waals surface area (Å²) in [5.41, 5.74) is 0.328. The van der Waals surface area contributed by atoms with Gasteiger partial charge in [-0.25, -0.2) is 0 Å². The zero-order chi connectivity index (χ0) is 9.53. The van der Waals surface area contributed by atoms with Crippen LogP contribution < -0.4 is 0 Å². The monoisotopic (exact) mass is 178 g/mol. The minimum absolute atomic E-state index is 0.129. The molecule has 0 saturated heterocycles. The summed E-state index contributed by atoms with van der Waals surface area (Å²) in [5, 5.41) is 0. The van der Waals surface area contributed by atoms with Gasteiger partial charge in [-0.3, -0.25) is 4.79 Å². The molecule has 3 rings (SSSR count). The van der Waals surface area contributed by atoms with Crippen LogP contribution in [0.15, 0.2) is 12.7 Å². The van der Waals surface area contributed by atoms with Gasteiger partial charge in [0.25, 0.3) is 0 Å². The van der Waals surface area contributed by atoms with Crippen molar-refractivity contribution in [1.29, 1.82) is 0 Å². The minimum Gasteiger partial charge on any atom is -0.299 e. The van der Waals surface area contributed by atoms with Crippen molar-refractivity contribution in [3.05, 3.63) is 12.7 Å². The van der Waals surface area contributed by atoms with E-state index < -0.39 is 0 Å². The maximum Gasteiger partial charge on any atom is 0.142 e. The van der Waals surface area contributed by atoms with Crippen LogP contribution in [0.1, 0.15) is 45.4 Å². The van der Waals surface area contributed by atoms with Crippen molar-refractivity contribution >= 4 is 5.78 Å². The molecule has 0 heterocycles. The molecule has 0 atom stereocenters. The summed E-state index contributed by atoms with van der Waals surface area (Å²) in [4.78, 5) is 11.9. The average molecular weight is 178 g/mol. The number of allylic oxidation sites excluding steroid dienone is 1. The molecular formula is C12H18O. The van der Waals surface area contributed by atoms with Crippen molar-refractivity contribution in [2.45, 2.75) is 45.4 Å². The third kappa shape index (κ3) is 1.25. The van der Waals surface area contributed by atoms with Gasteiger partial charge in [0.15, 0.2) is 0 Å². The summed E-state index contributed by atoms with van der Waals surface area (Å²) in [6.07, 6.45) is 8.32. The normalized spacial score (nSPS) is 44.5. The van der Waals surface area contributed by atoms with Crippen molar-refractivity contribution < 1.29 is 4.79 Å². The Labute approximate surface area is 80.2 Å². The molecule has 0 N–H and O–H groups in total. The predicted molar refractivity (Wildman–Crippen MR) is 53.4 cm³/mol. The molecule has 0 radical (unpaired) electrons. The molecule has 0 amide bonds. The summed E-state index contributed by atoms with van der Waals surface area (Å²) in [7, 11) is 0. The van der Waals surface area contributed by atoms with Gasteiger partial charge in [-0.05, 0) is 37.5 Å². The molecule has 72 valence electrons. The Morgan fingerprint density at radius 1 is 1.23 bits per heavy atom. The first-order valence-corrected chi connectivity index (χ1v) is 5.27. The second kappa shape index (κ2) is 2.70. The SMILES string of the molecule is C=CC12CCC(C)(CCC1=O)CC2. The molecule has 0 unspecified atom stereocenters. The third-order valence-corrected chi connectivity index (χ3v) is 4.25. The molecule has 3 aliphatic rings. The lowest BCUT2D eigenvalue weighted by Crippen LogP contribution is -2.31. The molecule has 0 spiro atoms. The predicted octanol–water partition coefficient (Wildman–Crippen LogP) is 3.10. The fraction of sp³-hybridized carbons (Fsp3) is 0.750. The standard InChI is InChI=1S/C12H18O/c1-3-12-8-6-11(2,7-9-12)5-4-10(12)13/h3H,1,4-9H2,2H3. The van der Waals surface area contributed by atoms with E-state index in [0.717, 1.165) is 25.7 Å². The molecule has 3 fully saturated rings. The van der Waals surface area contributed by atoms with Gasteiger partial charge < -0.3 is 0 Å². The van der Waals surface area contributed by atoms with Crippen LogP contribution in [0.5, 0.6) is 0 Å². The molecule has 1 nitrogen and oxygen atoms in total. The Balaban J connectivity index is 2.33. The Bertz CT molecular complexity index is 244. The zero-order valence-electron chi connectivity index (χ0n) is 8.44. The number of carbonyl (C=O) groups is 1. The van der Waals surface area contributed by atoms with Crippen LogP contribution in [0.4, 0.5) is 0 Å². The van der Waals surface area contributed by atoms with Crippen LogP contribution in [0.3, 0.4) is 0 Å². The second-order valence-corrected chi connectivity index (χ2v) is 5.09. The van der Waals surface area contributed by atoms with Crippen LogP contribution in [0, 0.1) is 10.8 Å². The van der Waals surface area contributed by atoms with Gasteiger partial charge in [0.1, 0.15) is 5.78 Å². The highest BCUT2D eigenvalue weighted by molar-refractivity contribution is 5.87. The van der Waals surface area contributed by atoms with Gasteiger partial charge >= 0.3 is 0 Å². The molecule has 2 bridgehead atoms. The van der Waals surface area contributed by atoms with E-state index in [9.17, 15) is 4.79 Å². The summed E-state index contributed by atoms with van der Waals surface area (Å²) in [6.45, 7) is 6.18. The fourth-order valence-corrected chi connectivity index (χ4v) is 2.81. The zero-order valence-corrected chi connectivity index (χ0v) is 8.44. The maximum atomic E-state index is 11.9. The Morgan fingerprint density at radius 3 is 2.38 bits per heavy atom. The Morgan fingerprint density at radius 2 is 1.85 bits per heavy atom.